The number of unbranched alkanes of at least 4 members (excludes halogenated alkanes) is 2. The van der Waals surface area contributed by atoms with E-state index in [2.05, 4.69) is 0 Å². The van der Waals surface area contributed by atoms with Crippen LogP contribution < -0.4 is 0 Å². The third kappa shape index (κ3) is 3.84. The average Bonchev–Trinajstić information content (AvgIpc) is 2.28. The second-order valence-corrected chi connectivity index (χ2v) is 4.23. The SMILES string of the molecule is N#CCCCCC(=O)c1ccc(Cl)c(Cl)c1. The Hall–Kier alpha value is -1.04. The number of hydrogen-bond acceptors (Lipinski definition) is 2. The summed E-state index contributed by atoms with van der Waals surface area (Å²) in [5.74, 6) is 0.0384. The van der Waals surface area contributed by atoms with E-state index in [9.17, 15) is 4.79 Å². The molecule has 0 aliphatic carbocycles. The Morgan fingerprint density at radius 1 is 1.25 bits per heavy atom. The van der Waals surface area contributed by atoms with E-state index in [0.717, 1.165) is 12.8 Å². The van der Waals surface area contributed by atoms with Crippen molar-refractivity contribution >= 4 is 29.0 Å². The first-order valence-corrected chi connectivity index (χ1v) is 5.76. The van der Waals surface area contributed by atoms with Gasteiger partial charge >= 0.3 is 0 Å². The van der Waals surface area contributed by atoms with Crippen LogP contribution in [0.25, 0.3) is 0 Å². The van der Waals surface area contributed by atoms with Crippen LogP contribution in [0.15, 0.2) is 18.2 Å². The zero-order valence-electron chi connectivity index (χ0n) is 8.67. The number of rotatable bonds is 5. The smallest absolute Gasteiger partial charge is 0.162 e. The van der Waals surface area contributed by atoms with Crippen molar-refractivity contribution in [3.8, 4) is 6.07 Å². The summed E-state index contributed by atoms with van der Waals surface area (Å²) in [4.78, 5) is 11.7. The van der Waals surface area contributed by atoms with Gasteiger partial charge in [0, 0.05) is 18.4 Å². The van der Waals surface area contributed by atoms with E-state index in [0.29, 0.717) is 28.5 Å². The normalized spacial score (nSPS) is 9.81. The second-order valence-electron chi connectivity index (χ2n) is 3.42. The van der Waals surface area contributed by atoms with Gasteiger partial charge in [-0.3, -0.25) is 4.79 Å². The van der Waals surface area contributed by atoms with E-state index >= 15 is 0 Å². The van der Waals surface area contributed by atoms with Gasteiger partial charge in [0.15, 0.2) is 5.78 Å². The highest BCUT2D eigenvalue weighted by molar-refractivity contribution is 6.42. The zero-order chi connectivity index (χ0) is 12.0. The average molecular weight is 256 g/mol. The number of carbonyl (C=O) groups is 1. The topological polar surface area (TPSA) is 40.9 Å². The Kier molecular flexibility index (Phi) is 5.31. The third-order valence-corrected chi connectivity index (χ3v) is 2.92. The molecule has 1 aromatic rings. The fourth-order valence-corrected chi connectivity index (χ4v) is 1.60. The van der Waals surface area contributed by atoms with Gasteiger partial charge in [-0.15, -0.1) is 0 Å². The van der Waals surface area contributed by atoms with Crippen LogP contribution in [0.3, 0.4) is 0 Å². The lowest BCUT2D eigenvalue weighted by atomic mass is 10.1. The lowest BCUT2D eigenvalue weighted by molar-refractivity contribution is 0.0979. The van der Waals surface area contributed by atoms with Gasteiger partial charge in [0.1, 0.15) is 0 Å². The molecule has 0 heterocycles. The van der Waals surface area contributed by atoms with Crippen molar-refractivity contribution in [1.29, 1.82) is 5.26 Å². The number of ketones is 1. The monoisotopic (exact) mass is 255 g/mol. The summed E-state index contributed by atoms with van der Waals surface area (Å²) in [5.41, 5.74) is 0.575. The Labute approximate surface area is 105 Å². The van der Waals surface area contributed by atoms with Crippen molar-refractivity contribution in [2.24, 2.45) is 0 Å². The Bertz CT molecular complexity index is 424. The van der Waals surface area contributed by atoms with E-state index in [1.165, 1.54) is 0 Å². The van der Waals surface area contributed by atoms with Gasteiger partial charge in [0.05, 0.1) is 16.1 Å². The molecule has 2 nitrogen and oxygen atoms in total. The van der Waals surface area contributed by atoms with Crippen LogP contribution in [0.4, 0.5) is 0 Å². The predicted octanol–water partition coefficient (Wildman–Crippen LogP) is 4.26. The number of benzene rings is 1. The van der Waals surface area contributed by atoms with Gasteiger partial charge in [-0.05, 0) is 31.0 Å². The number of nitrogens with zero attached hydrogens (tertiary/aromatic N) is 1. The Morgan fingerprint density at radius 3 is 2.62 bits per heavy atom. The molecule has 0 fully saturated rings. The van der Waals surface area contributed by atoms with Crippen LogP contribution in [0.1, 0.15) is 36.0 Å². The zero-order valence-corrected chi connectivity index (χ0v) is 10.2. The van der Waals surface area contributed by atoms with Crippen molar-refractivity contribution in [3.63, 3.8) is 0 Å². The summed E-state index contributed by atoms with van der Waals surface area (Å²) in [7, 11) is 0. The van der Waals surface area contributed by atoms with E-state index in [4.69, 9.17) is 28.5 Å². The van der Waals surface area contributed by atoms with Gasteiger partial charge in [0.25, 0.3) is 0 Å². The molecule has 84 valence electrons. The molecule has 0 saturated carbocycles. The molecule has 0 atom stereocenters. The molecule has 0 amide bonds. The molecule has 0 saturated heterocycles. The minimum atomic E-state index is 0.0384. The number of carbonyl (C=O) groups excluding carboxylic acids is 1. The first-order valence-electron chi connectivity index (χ1n) is 5.00. The molecule has 0 spiro atoms. The van der Waals surface area contributed by atoms with Crippen molar-refractivity contribution < 1.29 is 4.79 Å². The van der Waals surface area contributed by atoms with Crippen LogP contribution in [0.5, 0.6) is 0 Å². The quantitative estimate of drug-likeness (QED) is 0.583. The highest BCUT2D eigenvalue weighted by Crippen LogP contribution is 2.23. The molecule has 0 aliphatic heterocycles. The number of Topliss-reactive ketones (excluding diaryl/α,β-unsaturated/α-hetero) is 1. The van der Waals surface area contributed by atoms with Crippen LogP contribution in [-0.2, 0) is 0 Å². The predicted molar refractivity (Wildman–Crippen MR) is 64.9 cm³/mol. The summed E-state index contributed by atoms with van der Waals surface area (Å²) >= 11 is 11.6. The number of hydrogen-bond donors (Lipinski definition) is 0. The summed E-state index contributed by atoms with van der Waals surface area (Å²) in [6, 6.07) is 6.91. The molecular weight excluding hydrogens is 245 g/mol. The molecule has 0 radical (unpaired) electrons. The minimum Gasteiger partial charge on any atom is -0.294 e. The molecule has 16 heavy (non-hydrogen) atoms. The molecular formula is C12H11Cl2NO. The third-order valence-electron chi connectivity index (χ3n) is 2.18. The fraction of sp³-hybridized carbons (Fsp3) is 0.333. The molecule has 0 N–H and O–H groups in total. The van der Waals surface area contributed by atoms with Gasteiger partial charge in [0.2, 0.25) is 0 Å². The Morgan fingerprint density at radius 2 is 2.00 bits per heavy atom. The van der Waals surface area contributed by atoms with Gasteiger partial charge < -0.3 is 0 Å². The standard InChI is InChI=1S/C12H11Cl2NO/c13-10-6-5-9(8-11(10)14)12(16)4-2-1-3-7-15/h5-6,8H,1-4H2. The van der Waals surface area contributed by atoms with Crippen molar-refractivity contribution in [2.75, 3.05) is 0 Å². The first-order chi connectivity index (χ1) is 7.65. The summed E-state index contributed by atoms with van der Waals surface area (Å²) in [6.07, 6.45) is 2.42. The molecule has 0 bridgehead atoms. The number of nitriles is 1. The molecule has 0 aromatic heterocycles. The van der Waals surface area contributed by atoms with Crippen LogP contribution >= 0.6 is 23.2 Å². The summed E-state index contributed by atoms with van der Waals surface area (Å²) in [5, 5.41) is 9.19. The highest BCUT2D eigenvalue weighted by Gasteiger charge is 2.07. The Balaban J connectivity index is 2.53. The second kappa shape index (κ2) is 6.52. The van der Waals surface area contributed by atoms with Gasteiger partial charge in [-0.1, -0.05) is 23.2 Å². The van der Waals surface area contributed by atoms with E-state index in [-0.39, 0.29) is 5.78 Å². The maximum absolute atomic E-state index is 11.7. The van der Waals surface area contributed by atoms with Crippen LogP contribution in [0.2, 0.25) is 10.0 Å². The lowest BCUT2D eigenvalue weighted by Gasteiger charge is -2.02. The fourth-order valence-electron chi connectivity index (χ4n) is 1.30. The van der Waals surface area contributed by atoms with Crippen molar-refractivity contribution in [1.82, 2.24) is 0 Å². The molecule has 1 rings (SSSR count). The molecule has 0 aliphatic rings. The summed E-state index contributed by atoms with van der Waals surface area (Å²) < 4.78 is 0. The molecule has 0 unspecified atom stereocenters. The van der Waals surface area contributed by atoms with Gasteiger partial charge in [-0.2, -0.15) is 5.26 Å². The largest absolute Gasteiger partial charge is 0.294 e. The van der Waals surface area contributed by atoms with Gasteiger partial charge in [-0.25, -0.2) is 0 Å². The van der Waals surface area contributed by atoms with E-state index < -0.39 is 0 Å². The maximum atomic E-state index is 11.7. The van der Waals surface area contributed by atoms with E-state index in [1.807, 2.05) is 6.07 Å². The summed E-state index contributed by atoms with van der Waals surface area (Å²) in [6.45, 7) is 0. The lowest BCUT2D eigenvalue weighted by Crippen LogP contribution is -1.98. The molecule has 1 aromatic carbocycles. The first kappa shape index (κ1) is 13.0. The number of halogens is 2. The van der Waals surface area contributed by atoms with Crippen molar-refractivity contribution in [2.45, 2.75) is 25.7 Å². The highest BCUT2D eigenvalue weighted by atomic mass is 35.5. The van der Waals surface area contributed by atoms with E-state index in [1.54, 1.807) is 18.2 Å². The minimum absolute atomic E-state index is 0.0384. The van der Waals surface area contributed by atoms with Crippen LogP contribution in [0, 0.1) is 11.3 Å². The van der Waals surface area contributed by atoms with Crippen molar-refractivity contribution in [3.05, 3.63) is 33.8 Å². The maximum Gasteiger partial charge on any atom is 0.162 e. The molecule has 4 heteroatoms. The van der Waals surface area contributed by atoms with Crippen LogP contribution in [-0.4, -0.2) is 5.78 Å².